The summed E-state index contributed by atoms with van der Waals surface area (Å²) >= 11 is 0. The third-order valence-electron chi connectivity index (χ3n) is 5.20. The second-order valence-corrected chi connectivity index (χ2v) is 6.97. The number of amides is 1. The van der Waals surface area contributed by atoms with Crippen molar-refractivity contribution >= 4 is 22.4 Å². The lowest BCUT2D eigenvalue weighted by atomic mass is 10.1. The van der Waals surface area contributed by atoms with Gasteiger partial charge in [-0.1, -0.05) is 48.5 Å². The first kappa shape index (κ1) is 17.4. The monoisotopic (exact) mass is 360 g/mol. The van der Waals surface area contributed by atoms with E-state index in [0.29, 0.717) is 19.0 Å². The van der Waals surface area contributed by atoms with E-state index in [0.717, 1.165) is 17.9 Å². The van der Waals surface area contributed by atoms with Crippen LogP contribution in [0.5, 0.6) is 5.75 Å². The third-order valence-corrected chi connectivity index (χ3v) is 5.20. The molecule has 1 amide bonds. The molecule has 3 aromatic carbocycles. The molecule has 1 aliphatic carbocycles. The Bertz CT molecular complexity index is 931. The Morgan fingerprint density at radius 3 is 2.59 bits per heavy atom. The molecule has 4 heteroatoms. The standard InChI is InChI=1S/C23H24N2O2/c1-27-18-11-9-17(10-12-18)20-15-21(20)23(26)25-14-13-24-22-8-4-6-16-5-2-3-7-19(16)22/h2-12,20-21,24H,13-15H2,1H3,(H,25,26). The van der Waals surface area contributed by atoms with Crippen molar-refractivity contribution in [2.24, 2.45) is 5.92 Å². The molecule has 0 heterocycles. The van der Waals surface area contributed by atoms with Crippen LogP contribution in [-0.2, 0) is 4.79 Å². The zero-order valence-corrected chi connectivity index (χ0v) is 15.4. The Morgan fingerprint density at radius 1 is 1.00 bits per heavy atom. The van der Waals surface area contributed by atoms with Gasteiger partial charge in [-0.2, -0.15) is 0 Å². The van der Waals surface area contributed by atoms with Gasteiger partial charge in [0.1, 0.15) is 5.75 Å². The van der Waals surface area contributed by atoms with Crippen LogP contribution in [0.4, 0.5) is 5.69 Å². The van der Waals surface area contributed by atoms with Gasteiger partial charge < -0.3 is 15.4 Å². The van der Waals surface area contributed by atoms with Crippen LogP contribution in [0, 0.1) is 5.92 Å². The molecule has 4 rings (SSSR count). The Balaban J connectivity index is 1.25. The van der Waals surface area contributed by atoms with Gasteiger partial charge in [-0.3, -0.25) is 4.79 Å². The van der Waals surface area contributed by atoms with E-state index < -0.39 is 0 Å². The summed E-state index contributed by atoms with van der Waals surface area (Å²) in [5, 5.41) is 8.90. The van der Waals surface area contributed by atoms with Crippen molar-refractivity contribution in [3.05, 3.63) is 72.3 Å². The third kappa shape index (κ3) is 3.90. The number of benzene rings is 3. The molecule has 0 spiro atoms. The molecule has 0 radical (unpaired) electrons. The smallest absolute Gasteiger partial charge is 0.223 e. The van der Waals surface area contributed by atoms with Gasteiger partial charge >= 0.3 is 0 Å². The largest absolute Gasteiger partial charge is 0.497 e. The molecular weight excluding hydrogens is 336 g/mol. The van der Waals surface area contributed by atoms with E-state index in [1.54, 1.807) is 7.11 Å². The molecule has 1 fully saturated rings. The summed E-state index contributed by atoms with van der Waals surface area (Å²) in [6.45, 7) is 1.33. The molecule has 0 bridgehead atoms. The second kappa shape index (κ2) is 7.70. The van der Waals surface area contributed by atoms with Gasteiger partial charge in [0.15, 0.2) is 0 Å². The highest BCUT2D eigenvalue weighted by Gasteiger charge is 2.43. The van der Waals surface area contributed by atoms with Crippen molar-refractivity contribution in [3.8, 4) is 5.75 Å². The number of carbonyl (C=O) groups is 1. The van der Waals surface area contributed by atoms with Crippen LogP contribution >= 0.6 is 0 Å². The lowest BCUT2D eigenvalue weighted by molar-refractivity contribution is -0.122. The van der Waals surface area contributed by atoms with Crippen LogP contribution in [0.1, 0.15) is 17.9 Å². The minimum absolute atomic E-state index is 0.0935. The number of hydrogen-bond acceptors (Lipinski definition) is 3. The summed E-state index contributed by atoms with van der Waals surface area (Å²) in [6.07, 6.45) is 0.926. The Morgan fingerprint density at radius 2 is 1.78 bits per heavy atom. The number of ether oxygens (including phenoxy) is 1. The van der Waals surface area contributed by atoms with Crippen LogP contribution < -0.4 is 15.4 Å². The number of methoxy groups -OCH3 is 1. The first-order valence-corrected chi connectivity index (χ1v) is 9.39. The molecule has 2 atom stereocenters. The molecule has 0 saturated heterocycles. The van der Waals surface area contributed by atoms with Gasteiger partial charge in [0.05, 0.1) is 7.11 Å². The van der Waals surface area contributed by atoms with E-state index in [2.05, 4.69) is 47.0 Å². The van der Waals surface area contributed by atoms with Gasteiger partial charge in [-0.05, 0) is 41.5 Å². The molecule has 2 N–H and O–H groups in total. The van der Waals surface area contributed by atoms with E-state index in [-0.39, 0.29) is 11.8 Å². The predicted octanol–water partition coefficient (Wildman–Crippen LogP) is 4.18. The molecule has 138 valence electrons. The van der Waals surface area contributed by atoms with Crippen LogP contribution in [0.2, 0.25) is 0 Å². The minimum Gasteiger partial charge on any atom is -0.497 e. The van der Waals surface area contributed by atoms with Gasteiger partial charge in [0, 0.05) is 30.1 Å². The normalized spacial score (nSPS) is 18.1. The average molecular weight is 360 g/mol. The van der Waals surface area contributed by atoms with Crippen molar-refractivity contribution in [1.29, 1.82) is 0 Å². The number of hydrogen-bond donors (Lipinski definition) is 2. The highest BCUT2D eigenvalue weighted by atomic mass is 16.5. The lowest BCUT2D eigenvalue weighted by Gasteiger charge is -2.10. The van der Waals surface area contributed by atoms with E-state index >= 15 is 0 Å². The molecule has 0 aliphatic heterocycles. The predicted molar refractivity (Wildman–Crippen MR) is 109 cm³/mol. The quantitative estimate of drug-likeness (QED) is 0.622. The highest BCUT2D eigenvalue weighted by Crippen LogP contribution is 2.47. The summed E-state index contributed by atoms with van der Waals surface area (Å²) in [6, 6.07) is 22.6. The second-order valence-electron chi connectivity index (χ2n) is 6.97. The molecule has 4 nitrogen and oxygen atoms in total. The summed E-state index contributed by atoms with van der Waals surface area (Å²) in [5.41, 5.74) is 2.31. The SMILES string of the molecule is COc1ccc(C2CC2C(=O)NCCNc2cccc3ccccc23)cc1. The molecule has 3 aromatic rings. The van der Waals surface area contributed by atoms with Crippen molar-refractivity contribution in [3.63, 3.8) is 0 Å². The fraction of sp³-hybridized carbons (Fsp3) is 0.261. The minimum atomic E-state index is 0.0935. The maximum absolute atomic E-state index is 12.4. The lowest BCUT2D eigenvalue weighted by Crippen LogP contribution is -2.30. The van der Waals surface area contributed by atoms with Gasteiger partial charge in [0.2, 0.25) is 5.91 Å². The molecule has 0 aromatic heterocycles. The maximum atomic E-state index is 12.4. The zero-order valence-electron chi connectivity index (χ0n) is 15.4. The highest BCUT2D eigenvalue weighted by molar-refractivity contribution is 5.93. The maximum Gasteiger partial charge on any atom is 0.223 e. The molecule has 1 aliphatic rings. The van der Waals surface area contributed by atoms with Crippen LogP contribution in [0.15, 0.2) is 66.7 Å². The van der Waals surface area contributed by atoms with Crippen molar-refractivity contribution in [1.82, 2.24) is 5.32 Å². The Hall–Kier alpha value is -3.01. The summed E-state index contributed by atoms with van der Waals surface area (Å²) < 4.78 is 5.19. The topological polar surface area (TPSA) is 50.4 Å². The first-order valence-electron chi connectivity index (χ1n) is 9.39. The number of rotatable bonds is 7. The van der Waals surface area contributed by atoms with Gasteiger partial charge in [-0.25, -0.2) is 0 Å². The summed E-state index contributed by atoms with van der Waals surface area (Å²) in [7, 11) is 1.66. The molecule has 2 unspecified atom stereocenters. The van der Waals surface area contributed by atoms with Crippen LogP contribution in [0.3, 0.4) is 0 Å². The molecule has 27 heavy (non-hydrogen) atoms. The number of carbonyl (C=O) groups excluding carboxylic acids is 1. The first-order chi connectivity index (χ1) is 13.3. The van der Waals surface area contributed by atoms with Crippen molar-refractivity contribution in [2.75, 3.05) is 25.5 Å². The molecular formula is C23H24N2O2. The number of nitrogens with one attached hydrogen (secondary N) is 2. The van der Waals surface area contributed by atoms with E-state index in [4.69, 9.17) is 4.74 Å². The van der Waals surface area contributed by atoms with Crippen LogP contribution in [-0.4, -0.2) is 26.1 Å². The summed E-state index contributed by atoms with van der Waals surface area (Å²) in [4.78, 5) is 12.4. The van der Waals surface area contributed by atoms with Crippen molar-refractivity contribution in [2.45, 2.75) is 12.3 Å². The Kier molecular flexibility index (Phi) is 4.97. The van der Waals surface area contributed by atoms with Gasteiger partial charge in [0.25, 0.3) is 0 Å². The number of anilines is 1. The Labute approximate surface area is 159 Å². The van der Waals surface area contributed by atoms with E-state index in [1.807, 2.05) is 30.3 Å². The number of fused-ring (bicyclic) bond motifs is 1. The fourth-order valence-electron chi connectivity index (χ4n) is 3.60. The zero-order chi connectivity index (χ0) is 18.6. The van der Waals surface area contributed by atoms with Crippen LogP contribution in [0.25, 0.3) is 10.8 Å². The fourth-order valence-corrected chi connectivity index (χ4v) is 3.60. The van der Waals surface area contributed by atoms with E-state index in [1.165, 1.54) is 16.3 Å². The van der Waals surface area contributed by atoms with E-state index in [9.17, 15) is 4.79 Å². The van der Waals surface area contributed by atoms with Crippen molar-refractivity contribution < 1.29 is 9.53 Å². The van der Waals surface area contributed by atoms with Gasteiger partial charge in [-0.15, -0.1) is 0 Å². The summed E-state index contributed by atoms with van der Waals surface area (Å²) in [5.74, 6) is 1.42. The molecule has 1 saturated carbocycles. The average Bonchev–Trinajstić information content (AvgIpc) is 3.52.